The second-order valence-corrected chi connectivity index (χ2v) is 6.22. The molecule has 0 aromatic heterocycles. The summed E-state index contributed by atoms with van der Waals surface area (Å²) in [6.45, 7) is 1.16. The normalized spacial score (nSPS) is 29.1. The summed E-state index contributed by atoms with van der Waals surface area (Å²) >= 11 is 0. The van der Waals surface area contributed by atoms with E-state index in [0.717, 1.165) is 24.4 Å². The van der Waals surface area contributed by atoms with Crippen molar-refractivity contribution in [3.63, 3.8) is 0 Å². The van der Waals surface area contributed by atoms with Crippen LogP contribution < -0.4 is 5.32 Å². The van der Waals surface area contributed by atoms with Crippen LogP contribution in [0, 0.1) is 17.8 Å². The predicted molar refractivity (Wildman–Crippen MR) is 72.1 cm³/mol. The van der Waals surface area contributed by atoms with Gasteiger partial charge in [-0.15, -0.1) is 0 Å². The third-order valence-electron chi connectivity index (χ3n) is 4.93. The average Bonchev–Trinajstić information content (AvgIpc) is 3.00. The number of rotatable bonds is 4. The van der Waals surface area contributed by atoms with Crippen LogP contribution in [0.25, 0.3) is 0 Å². The van der Waals surface area contributed by atoms with Gasteiger partial charge in [-0.1, -0.05) is 24.6 Å². The van der Waals surface area contributed by atoms with Crippen LogP contribution in [0.5, 0.6) is 0 Å². The molecule has 1 N–H and O–H groups in total. The number of halogens is 3. The zero-order valence-electron chi connectivity index (χ0n) is 11.4. The van der Waals surface area contributed by atoms with Gasteiger partial charge in [-0.05, 0) is 55.2 Å². The highest BCUT2D eigenvalue weighted by molar-refractivity contribution is 5.29. The Hall–Kier alpha value is -1.03. The van der Waals surface area contributed by atoms with Gasteiger partial charge in [0, 0.05) is 6.54 Å². The fourth-order valence-corrected chi connectivity index (χ4v) is 3.97. The van der Waals surface area contributed by atoms with Crippen molar-refractivity contribution >= 4 is 0 Å². The molecule has 2 saturated carbocycles. The fraction of sp³-hybridized carbons (Fsp3) is 0.625. The summed E-state index contributed by atoms with van der Waals surface area (Å²) < 4.78 is 38.6. The highest BCUT2D eigenvalue weighted by atomic mass is 19.4. The first kappa shape index (κ1) is 13.9. The molecule has 1 aromatic carbocycles. The number of alkyl halides is 3. The summed E-state index contributed by atoms with van der Waals surface area (Å²) in [5, 5.41) is 3.24. The van der Waals surface area contributed by atoms with E-state index in [4.69, 9.17) is 0 Å². The third kappa shape index (κ3) is 2.85. The molecule has 110 valence electrons. The standard InChI is InChI=1S/C16H20F3N/c17-16(18,19)15-4-2-1-3-13(15)9-20-10-14-8-11-5-6-12(14)7-11/h1-4,11-12,14,20H,5-10H2. The second kappa shape index (κ2) is 5.40. The fourth-order valence-electron chi connectivity index (χ4n) is 3.97. The van der Waals surface area contributed by atoms with Crippen molar-refractivity contribution in [3.8, 4) is 0 Å². The van der Waals surface area contributed by atoms with E-state index in [2.05, 4.69) is 5.32 Å². The zero-order chi connectivity index (χ0) is 14.2. The number of nitrogens with one attached hydrogen (secondary N) is 1. The van der Waals surface area contributed by atoms with E-state index < -0.39 is 11.7 Å². The van der Waals surface area contributed by atoms with E-state index in [9.17, 15) is 13.2 Å². The molecular weight excluding hydrogens is 263 g/mol. The first-order valence-corrected chi connectivity index (χ1v) is 7.40. The Labute approximate surface area is 117 Å². The summed E-state index contributed by atoms with van der Waals surface area (Å²) in [6, 6.07) is 5.84. The molecular formula is C16H20F3N. The molecule has 2 aliphatic carbocycles. The highest BCUT2D eigenvalue weighted by Gasteiger charge is 2.39. The first-order valence-electron chi connectivity index (χ1n) is 7.40. The molecule has 3 atom stereocenters. The molecule has 2 aliphatic rings. The monoisotopic (exact) mass is 283 g/mol. The topological polar surface area (TPSA) is 12.0 Å². The molecule has 0 aliphatic heterocycles. The molecule has 3 unspecified atom stereocenters. The van der Waals surface area contributed by atoms with Crippen LogP contribution in [0.1, 0.15) is 36.8 Å². The van der Waals surface area contributed by atoms with Gasteiger partial charge in [-0.3, -0.25) is 0 Å². The Morgan fingerprint density at radius 1 is 1.10 bits per heavy atom. The van der Waals surface area contributed by atoms with Gasteiger partial charge < -0.3 is 5.32 Å². The van der Waals surface area contributed by atoms with Gasteiger partial charge in [0.25, 0.3) is 0 Å². The molecule has 3 rings (SSSR count). The van der Waals surface area contributed by atoms with E-state index in [1.54, 1.807) is 12.1 Å². The molecule has 20 heavy (non-hydrogen) atoms. The van der Waals surface area contributed by atoms with Crippen molar-refractivity contribution in [2.24, 2.45) is 17.8 Å². The molecule has 1 aromatic rings. The lowest BCUT2D eigenvalue weighted by molar-refractivity contribution is -0.138. The number of hydrogen-bond donors (Lipinski definition) is 1. The van der Waals surface area contributed by atoms with Crippen molar-refractivity contribution in [2.45, 2.75) is 38.4 Å². The SMILES string of the molecule is FC(F)(F)c1ccccc1CNCC1CC2CCC1C2. The van der Waals surface area contributed by atoms with Crippen molar-refractivity contribution in [3.05, 3.63) is 35.4 Å². The Bertz CT molecular complexity index is 469. The quantitative estimate of drug-likeness (QED) is 0.872. The largest absolute Gasteiger partial charge is 0.416 e. The lowest BCUT2D eigenvalue weighted by Gasteiger charge is -2.22. The van der Waals surface area contributed by atoms with Gasteiger partial charge in [0.1, 0.15) is 0 Å². The average molecular weight is 283 g/mol. The molecule has 0 heterocycles. The predicted octanol–water partition coefficient (Wildman–Crippen LogP) is 4.23. The van der Waals surface area contributed by atoms with E-state index in [1.807, 2.05) is 0 Å². The minimum atomic E-state index is -4.26. The number of fused-ring (bicyclic) bond motifs is 2. The van der Waals surface area contributed by atoms with E-state index in [-0.39, 0.29) is 0 Å². The van der Waals surface area contributed by atoms with Crippen LogP contribution in [0.2, 0.25) is 0 Å². The van der Waals surface area contributed by atoms with Crippen molar-refractivity contribution in [1.82, 2.24) is 5.32 Å². The van der Waals surface area contributed by atoms with Crippen LogP contribution >= 0.6 is 0 Å². The van der Waals surface area contributed by atoms with Crippen molar-refractivity contribution < 1.29 is 13.2 Å². The van der Waals surface area contributed by atoms with Gasteiger partial charge in [0.05, 0.1) is 5.56 Å². The number of benzene rings is 1. The summed E-state index contributed by atoms with van der Waals surface area (Å²) in [4.78, 5) is 0. The van der Waals surface area contributed by atoms with Gasteiger partial charge >= 0.3 is 6.18 Å². The van der Waals surface area contributed by atoms with Crippen LogP contribution in [-0.2, 0) is 12.7 Å². The van der Waals surface area contributed by atoms with Gasteiger partial charge in [0.2, 0.25) is 0 Å². The Kier molecular flexibility index (Phi) is 3.76. The molecule has 2 bridgehead atoms. The van der Waals surface area contributed by atoms with E-state index in [1.165, 1.54) is 31.7 Å². The van der Waals surface area contributed by atoms with Gasteiger partial charge in [-0.25, -0.2) is 0 Å². The van der Waals surface area contributed by atoms with Crippen molar-refractivity contribution in [2.75, 3.05) is 6.54 Å². The molecule has 0 radical (unpaired) electrons. The Morgan fingerprint density at radius 3 is 2.55 bits per heavy atom. The maximum absolute atomic E-state index is 12.9. The zero-order valence-corrected chi connectivity index (χ0v) is 11.4. The minimum Gasteiger partial charge on any atom is -0.312 e. The molecule has 0 amide bonds. The van der Waals surface area contributed by atoms with Gasteiger partial charge in [0.15, 0.2) is 0 Å². The summed E-state index contributed by atoms with van der Waals surface area (Å²) in [5.74, 6) is 2.37. The molecule has 0 spiro atoms. The van der Waals surface area contributed by atoms with Crippen LogP contribution in [0.3, 0.4) is 0 Å². The lowest BCUT2D eigenvalue weighted by atomic mass is 9.89. The lowest BCUT2D eigenvalue weighted by Crippen LogP contribution is -2.27. The molecule has 4 heteroatoms. The van der Waals surface area contributed by atoms with Crippen LogP contribution in [0.15, 0.2) is 24.3 Å². The summed E-state index contributed by atoms with van der Waals surface area (Å²) in [5.41, 5.74) is -0.163. The number of hydrogen-bond acceptors (Lipinski definition) is 1. The van der Waals surface area contributed by atoms with Crippen LogP contribution in [0.4, 0.5) is 13.2 Å². The van der Waals surface area contributed by atoms with E-state index in [0.29, 0.717) is 18.0 Å². The summed E-state index contributed by atoms with van der Waals surface area (Å²) in [6.07, 6.45) is 1.02. The van der Waals surface area contributed by atoms with Gasteiger partial charge in [-0.2, -0.15) is 13.2 Å². The third-order valence-corrected chi connectivity index (χ3v) is 4.93. The molecule has 2 fully saturated rings. The molecule has 1 nitrogen and oxygen atoms in total. The second-order valence-electron chi connectivity index (χ2n) is 6.22. The maximum atomic E-state index is 12.9. The Morgan fingerprint density at radius 2 is 1.90 bits per heavy atom. The molecule has 0 saturated heterocycles. The Balaban J connectivity index is 1.56. The highest BCUT2D eigenvalue weighted by Crippen LogP contribution is 2.47. The first-order chi connectivity index (χ1) is 9.54. The minimum absolute atomic E-state index is 0.309. The summed E-state index contributed by atoms with van der Waals surface area (Å²) in [7, 11) is 0. The van der Waals surface area contributed by atoms with Crippen molar-refractivity contribution in [1.29, 1.82) is 0 Å². The van der Waals surface area contributed by atoms with Crippen LogP contribution in [-0.4, -0.2) is 6.54 Å². The smallest absolute Gasteiger partial charge is 0.312 e. The van der Waals surface area contributed by atoms with E-state index >= 15 is 0 Å². The maximum Gasteiger partial charge on any atom is 0.416 e.